The molecular weight excluding hydrogens is 240 g/mol. The largest absolute Gasteiger partial charge is 0.346 e. The van der Waals surface area contributed by atoms with Gasteiger partial charge in [0.05, 0.1) is 11.9 Å². The van der Waals surface area contributed by atoms with E-state index in [4.69, 9.17) is 0 Å². The normalized spacial score (nSPS) is 10.6. The zero-order valence-corrected chi connectivity index (χ0v) is 10.4. The van der Waals surface area contributed by atoms with Crippen LogP contribution in [0.1, 0.15) is 10.4 Å². The number of pyridine rings is 2. The predicted octanol–water partition coefficient (Wildman–Crippen LogP) is 2.23. The van der Waals surface area contributed by atoms with E-state index in [0.29, 0.717) is 5.56 Å². The minimum Gasteiger partial charge on any atom is -0.346 e. The van der Waals surface area contributed by atoms with E-state index >= 15 is 0 Å². The van der Waals surface area contributed by atoms with E-state index in [1.807, 2.05) is 18.3 Å². The molecule has 5 heteroatoms. The summed E-state index contributed by atoms with van der Waals surface area (Å²) >= 11 is 0. The predicted molar refractivity (Wildman–Crippen MR) is 73.1 cm³/mol. The van der Waals surface area contributed by atoms with Crippen LogP contribution in [0.2, 0.25) is 0 Å². The lowest BCUT2D eigenvalue weighted by atomic mass is 10.2. The third-order valence-corrected chi connectivity index (χ3v) is 3.00. The molecule has 0 saturated heterocycles. The zero-order chi connectivity index (χ0) is 13.2. The standard InChI is InChI=1S/C14H12N4O/c1-18(14(19)10-2-5-15-6-3-10)12-8-11-4-7-16-13(11)17-9-12/h2-9H,1H3,(H,16,17). The molecule has 3 aromatic rings. The highest BCUT2D eigenvalue weighted by atomic mass is 16.2. The van der Waals surface area contributed by atoms with Gasteiger partial charge in [0, 0.05) is 36.6 Å². The second-order valence-corrected chi connectivity index (χ2v) is 4.21. The monoisotopic (exact) mass is 252 g/mol. The molecule has 0 saturated carbocycles. The molecule has 3 aromatic heterocycles. The summed E-state index contributed by atoms with van der Waals surface area (Å²) in [5.41, 5.74) is 2.18. The van der Waals surface area contributed by atoms with Crippen molar-refractivity contribution in [2.45, 2.75) is 0 Å². The van der Waals surface area contributed by atoms with Gasteiger partial charge in [0.1, 0.15) is 5.65 Å². The first-order valence-electron chi connectivity index (χ1n) is 5.87. The number of carbonyl (C=O) groups excluding carboxylic acids is 1. The van der Waals surface area contributed by atoms with Crippen LogP contribution in [0.15, 0.2) is 49.1 Å². The van der Waals surface area contributed by atoms with Crippen molar-refractivity contribution in [1.82, 2.24) is 15.0 Å². The Morgan fingerprint density at radius 1 is 1.26 bits per heavy atom. The Morgan fingerprint density at radius 2 is 2.05 bits per heavy atom. The van der Waals surface area contributed by atoms with Crippen LogP contribution in [0.5, 0.6) is 0 Å². The van der Waals surface area contributed by atoms with Gasteiger partial charge in [0.25, 0.3) is 5.91 Å². The molecule has 0 aliphatic rings. The Kier molecular flexibility index (Phi) is 2.72. The Bertz CT molecular complexity index is 720. The summed E-state index contributed by atoms with van der Waals surface area (Å²) in [6.07, 6.45) is 6.72. The Labute approximate surface area is 109 Å². The maximum Gasteiger partial charge on any atom is 0.258 e. The first-order valence-corrected chi connectivity index (χ1v) is 5.87. The average molecular weight is 252 g/mol. The van der Waals surface area contributed by atoms with Crippen molar-refractivity contribution in [2.24, 2.45) is 0 Å². The molecule has 0 radical (unpaired) electrons. The van der Waals surface area contributed by atoms with Crippen LogP contribution < -0.4 is 4.90 Å². The lowest BCUT2D eigenvalue weighted by Crippen LogP contribution is -2.26. The van der Waals surface area contributed by atoms with Crippen molar-refractivity contribution in [3.8, 4) is 0 Å². The van der Waals surface area contributed by atoms with E-state index in [0.717, 1.165) is 16.7 Å². The number of hydrogen-bond acceptors (Lipinski definition) is 3. The molecule has 3 heterocycles. The SMILES string of the molecule is CN(C(=O)c1ccncc1)c1cnc2[nH]ccc2c1. The Hall–Kier alpha value is -2.69. The van der Waals surface area contributed by atoms with Crippen LogP contribution in [0.25, 0.3) is 11.0 Å². The first-order chi connectivity index (χ1) is 9.25. The smallest absolute Gasteiger partial charge is 0.258 e. The quantitative estimate of drug-likeness (QED) is 0.760. The average Bonchev–Trinajstić information content (AvgIpc) is 2.94. The number of hydrogen-bond donors (Lipinski definition) is 1. The van der Waals surface area contributed by atoms with Crippen LogP contribution >= 0.6 is 0 Å². The van der Waals surface area contributed by atoms with Gasteiger partial charge in [0.15, 0.2) is 0 Å². The van der Waals surface area contributed by atoms with Gasteiger partial charge in [-0.1, -0.05) is 0 Å². The number of amides is 1. The summed E-state index contributed by atoms with van der Waals surface area (Å²) in [6, 6.07) is 7.25. The highest BCUT2D eigenvalue weighted by molar-refractivity contribution is 6.06. The number of nitrogens with one attached hydrogen (secondary N) is 1. The molecule has 1 amide bonds. The molecule has 0 aliphatic heterocycles. The third kappa shape index (κ3) is 2.06. The number of aromatic amines is 1. The van der Waals surface area contributed by atoms with E-state index in [1.165, 1.54) is 0 Å². The number of anilines is 1. The maximum atomic E-state index is 12.3. The van der Waals surface area contributed by atoms with Crippen LogP contribution in [0, 0.1) is 0 Å². The van der Waals surface area contributed by atoms with Gasteiger partial charge < -0.3 is 9.88 Å². The molecule has 5 nitrogen and oxygen atoms in total. The van der Waals surface area contributed by atoms with E-state index < -0.39 is 0 Å². The zero-order valence-electron chi connectivity index (χ0n) is 10.4. The van der Waals surface area contributed by atoms with Gasteiger partial charge in [0.2, 0.25) is 0 Å². The van der Waals surface area contributed by atoms with Gasteiger partial charge in [-0.25, -0.2) is 4.98 Å². The molecule has 0 atom stereocenters. The third-order valence-electron chi connectivity index (χ3n) is 3.00. The van der Waals surface area contributed by atoms with Crippen molar-refractivity contribution in [2.75, 3.05) is 11.9 Å². The summed E-state index contributed by atoms with van der Waals surface area (Å²) in [7, 11) is 1.73. The first kappa shape index (κ1) is 11.4. The minimum absolute atomic E-state index is 0.0842. The Morgan fingerprint density at radius 3 is 2.84 bits per heavy atom. The van der Waals surface area contributed by atoms with Gasteiger partial charge in [-0.3, -0.25) is 9.78 Å². The summed E-state index contributed by atoms with van der Waals surface area (Å²) in [5, 5.41) is 0.979. The summed E-state index contributed by atoms with van der Waals surface area (Å²) < 4.78 is 0. The molecule has 1 N–H and O–H groups in total. The fourth-order valence-electron chi connectivity index (χ4n) is 1.92. The Balaban J connectivity index is 1.94. The molecule has 0 bridgehead atoms. The molecular formula is C14H12N4O. The second-order valence-electron chi connectivity index (χ2n) is 4.21. The van der Waals surface area contributed by atoms with Crippen LogP contribution in [0.4, 0.5) is 5.69 Å². The van der Waals surface area contributed by atoms with Crippen LogP contribution in [-0.2, 0) is 0 Å². The fraction of sp³-hybridized carbons (Fsp3) is 0.0714. The van der Waals surface area contributed by atoms with Crippen molar-refractivity contribution in [3.05, 3.63) is 54.6 Å². The van der Waals surface area contributed by atoms with Crippen molar-refractivity contribution in [3.63, 3.8) is 0 Å². The molecule has 0 fully saturated rings. The molecule has 0 aromatic carbocycles. The van der Waals surface area contributed by atoms with Crippen LogP contribution in [-0.4, -0.2) is 27.9 Å². The number of carbonyl (C=O) groups is 1. The molecule has 94 valence electrons. The maximum absolute atomic E-state index is 12.3. The number of fused-ring (bicyclic) bond motifs is 1. The number of aromatic nitrogens is 3. The molecule has 0 spiro atoms. The lowest BCUT2D eigenvalue weighted by Gasteiger charge is -2.16. The van der Waals surface area contributed by atoms with Gasteiger partial charge in [-0.2, -0.15) is 0 Å². The topological polar surface area (TPSA) is 61.9 Å². The molecule has 19 heavy (non-hydrogen) atoms. The van der Waals surface area contributed by atoms with Crippen molar-refractivity contribution >= 4 is 22.6 Å². The van der Waals surface area contributed by atoms with Crippen molar-refractivity contribution < 1.29 is 4.79 Å². The number of rotatable bonds is 2. The van der Waals surface area contributed by atoms with Crippen molar-refractivity contribution in [1.29, 1.82) is 0 Å². The summed E-state index contributed by atoms with van der Waals surface area (Å²) in [5.74, 6) is -0.0842. The number of nitrogens with zero attached hydrogens (tertiary/aromatic N) is 3. The van der Waals surface area contributed by atoms with Gasteiger partial charge >= 0.3 is 0 Å². The lowest BCUT2D eigenvalue weighted by molar-refractivity contribution is 0.0993. The second kappa shape index (κ2) is 4.53. The van der Waals surface area contributed by atoms with E-state index in [2.05, 4.69) is 15.0 Å². The van der Waals surface area contributed by atoms with Crippen LogP contribution in [0.3, 0.4) is 0 Å². The summed E-state index contributed by atoms with van der Waals surface area (Å²) in [6.45, 7) is 0. The summed E-state index contributed by atoms with van der Waals surface area (Å²) in [4.78, 5) is 25.1. The fourth-order valence-corrected chi connectivity index (χ4v) is 1.92. The number of H-pyrrole nitrogens is 1. The van der Waals surface area contributed by atoms with E-state index in [1.54, 1.807) is 42.7 Å². The van der Waals surface area contributed by atoms with Gasteiger partial charge in [-0.15, -0.1) is 0 Å². The van der Waals surface area contributed by atoms with E-state index in [9.17, 15) is 4.79 Å². The highest BCUT2D eigenvalue weighted by Crippen LogP contribution is 2.19. The molecule has 0 unspecified atom stereocenters. The van der Waals surface area contributed by atoms with E-state index in [-0.39, 0.29) is 5.91 Å². The highest BCUT2D eigenvalue weighted by Gasteiger charge is 2.14. The molecule has 0 aliphatic carbocycles. The minimum atomic E-state index is -0.0842. The van der Waals surface area contributed by atoms with Gasteiger partial charge in [-0.05, 0) is 24.3 Å². The molecule has 3 rings (SSSR count).